The number of aryl methyl sites for hydroxylation is 1. The average Bonchev–Trinajstić information content (AvgIpc) is 2.45. The van der Waals surface area contributed by atoms with E-state index >= 15 is 0 Å². The van der Waals surface area contributed by atoms with Crippen molar-refractivity contribution in [3.63, 3.8) is 0 Å². The smallest absolute Gasteiger partial charge is 0.253 e. The number of pyridine rings is 1. The molecule has 1 heterocycles. The van der Waals surface area contributed by atoms with Crippen molar-refractivity contribution in [1.29, 1.82) is 5.26 Å². The van der Waals surface area contributed by atoms with Gasteiger partial charge in [0.15, 0.2) is 0 Å². The number of hydrogen-bond acceptors (Lipinski definition) is 3. The quantitative estimate of drug-likeness (QED) is 0.909. The Morgan fingerprint density at radius 3 is 2.84 bits per heavy atom. The molecule has 0 atom stereocenters. The molecule has 0 bridgehead atoms. The van der Waals surface area contributed by atoms with Gasteiger partial charge in [0.2, 0.25) is 0 Å². The molecule has 19 heavy (non-hydrogen) atoms. The van der Waals surface area contributed by atoms with Gasteiger partial charge in [0.05, 0.1) is 5.56 Å². The Hall–Kier alpha value is -2.67. The standard InChI is InChI=1S/C15H13N3O/c1-11-3-2-4-12(7-11)9-18-15(19)13-5-6-14(8-16)17-10-13/h2-7,10H,9H2,1H3,(H,18,19). The molecule has 0 radical (unpaired) electrons. The molecule has 0 saturated carbocycles. The Kier molecular flexibility index (Phi) is 3.89. The third kappa shape index (κ3) is 3.39. The topological polar surface area (TPSA) is 65.8 Å². The van der Waals surface area contributed by atoms with E-state index in [9.17, 15) is 4.79 Å². The van der Waals surface area contributed by atoms with Crippen LogP contribution in [-0.4, -0.2) is 10.9 Å². The third-order valence-electron chi connectivity index (χ3n) is 2.68. The minimum atomic E-state index is -0.196. The highest BCUT2D eigenvalue weighted by Gasteiger charge is 2.05. The van der Waals surface area contributed by atoms with Crippen LogP contribution in [0.5, 0.6) is 0 Å². The molecule has 1 aromatic carbocycles. The van der Waals surface area contributed by atoms with E-state index in [4.69, 9.17) is 5.26 Å². The second-order valence-corrected chi connectivity index (χ2v) is 4.22. The summed E-state index contributed by atoms with van der Waals surface area (Å²) in [6.45, 7) is 2.48. The number of nitrogens with zero attached hydrogens (tertiary/aromatic N) is 2. The number of carbonyl (C=O) groups is 1. The Morgan fingerprint density at radius 1 is 1.37 bits per heavy atom. The molecule has 0 aliphatic rings. The first-order valence-electron chi connectivity index (χ1n) is 5.89. The average molecular weight is 251 g/mol. The molecule has 4 nitrogen and oxygen atoms in total. The number of benzene rings is 1. The van der Waals surface area contributed by atoms with Crippen LogP contribution in [0.15, 0.2) is 42.6 Å². The van der Waals surface area contributed by atoms with Gasteiger partial charge >= 0.3 is 0 Å². The predicted octanol–water partition coefficient (Wildman–Crippen LogP) is 2.19. The highest BCUT2D eigenvalue weighted by molar-refractivity contribution is 5.93. The van der Waals surface area contributed by atoms with Gasteiger partial charge in [-0.2, -0.15) is 5.26 Å². The first-order chi connectivity index (χ1) is 9.19. The van der Waals surface area contributed by atoms with E-state index in [1.165, 1.54) is 12.3 Å². The maximum absolute atomic E-state index is 11.9. The van der Waals surface area contributed by atoms with Crippen molar-refractivity contribution in [3.05, 3.63) is 65.0 Å². The molecule has 0 unspecified atom stereocenters. The molecule has 0 aliphatic carbocycles. The van der Waals surface area contributed by atoms with E-state index in [2.05, 4.69) is 10.3 Å². The largest absolute Gasteiger partial charge is 0.348 e. The number of nitriles is 1. The van der Waals surface area contributed by atoms with Gasteiger partial charge in [0.25, 0.3) is 5.91 Å². The van der Waals surface area contributed by atoms with Crippen LogP contribution >= 0.6 is 0 Å². The van der Waals surface area contributed by atoms with Gasteiger partial charge in [0.1, 0.15) is 11.8 Å². The Labute approximate surface area is 111 Å². The van der Waals surface area contributed by atoms with Gasteiger partial charge in [-0.25, -0.2) is 4.98 Å². The van der Waals surface area contributed by atoms with E-state index in [1.807, 2.05) is 37.3 Å². The molecular formula is C15H13N3O. The summed E-state index contributed by atoms with van der Waals surface area (Å²) < 4.78 is 0. The minimum absolute atomic E-state index is 0.196. The SMILES string of the molecule is Cc1cccc(CNC(=O)c2ccc(C#N)nc2)c1. The Morgan fingerprint density at radius 2 is 2.21 bits per heavy atom. The van der Waals surface area contributed by atoms with E-state index in [1.54, 1.807) is 6.07 Å². The van der Waals surface area contributed by atoms with E-state index < -0.39 is 0 Å². The monoisotopic (exact) mass is 251 g/mol. The predicted molar refractivity (Wildman–Crippen MR) is 71.3 cm³/mol. The summed E-state index contributed by atoms with van der Waals surface area (Å²) in [5.74, 6) is -0.196. The maximum atomic E-state index is 11.9. The summed E-state index contributed by atoms with van der Waals surface area (Å²) in [4.78, 5) is 15.7. The summed E-state index contributed by atoms with van der Waals surface area (Å²) in [7, 11) is 0. The zero-order valence-electron chi connectivity index (χ0n) is 10.6. The second kappa shape index (κ2) is 5.78. The summed E-state index contributed by atoms with van der Waals surface area (Å²) in [6.07, 6.45) is 1.41. The van der Waals surface area contributed by atoms with E-state index in [-0.39, 0.29) is 5.91 Å². The van der Waals surface area contributed by atoms with Crippen LogP contribution in [0.4, 0.5) is 0 Å². The molecule has 2 aromatic rings. The molecule has 0 spiro atoms. The van der Waals surface area contributed by atoms with Gasteiger partial charge < -0.3 is 5.32 Å². The molecule has 94 valence electrons. The van der Waals surface area contributed by atoms with Crippen LogP contribution in [0.1, 0.15) is 27.2 Å². The molecule has 1 amide bonds. The van der Waals surface area contributed by atoms with Gasteiger partial charge in [-0.05, 0) is 24.6 Å². The zero-order valence-corrected chi connectivity index (χ0v) is 10.6. The summed E-state index contributed by atoms with van der Waals surface area (Å²) in [5.41, 5.74) is 2.96. The summed E-state index contributed by atoms with van der Waals surface area (Å²) in [6, 6.07) is 13.0. The molecule has 0 saturated heterocycles. The van der Waals surface area contributed by atoms with Crippen molar-refractivity contribution in [1.82, 2.24) is 10.3 Å². The van der Waals surface area contributed by atoms with Gasteiger partial charge in [-0.3, -0.25) is 4.79 Å². The first-order valence-corrected chi connectivity index (χ1v) is 5.89. The lowest BCUT2D eigenvalue weighted by atomic mass is 10.1. The lowest BCUT2D eigenvalue weighted by Gasteiger charge is -2.05. The minimum Gasteiger partial charge on any atom is -0.348 e. The molecule has 4 heteroatoms. The van der Waals surface area contributed by atoms with E-state index in [0.29, 0.717) is 17.8 Å². The number of rotatable bonds is 3. The number of amides is 1. The second-order valence-electron chi connectivity index (χ2n) is 4.22. The van der Waals surface area contributed by atoms with Crippen molar-refractivity contribution >= 4 is 5.91 Å². The van der Waals surface area contributed by atoms with E-state index in [0.717, 1.165) is 11.1 Å². The van der Waals surface area contributed by atoms with Crippen molar-refractivity contribution in [2.75, 3.05) is 0 Å². The van der Waals surface area contributed by atoms with Crippen LogP contribution in [0, 0.1) is 18.3 Å². The van der Waals surface area contributed by atoms with Crippen molar-refractivity contribution < 1.29 is 4.79 Å². The van der Waals surface area contributed by atoms with Crippen LogP contribution in [0.25, 0.3) is 0 Å². The first kappa shape index (κ1) is 12.8. The molecule has 1 aromatic heterocycles. The number of carbonyl (C=O) groups excluding carboxylic acids is 1. The van der Waals surface area contributed by atoms with Crippen LogP contribution in [0.3, 0.4) is 0 Å². The molecular weight excluding hydrogens is 238 g/mol. The van der Waals surface area contributed by atoms with Crippen molar-refractivity contribution in [2.45, 2.75) is 13.5 Å². The van der Waals surface area contributed by atoms with Gasteiger partial charge in [0, 0.05) is 12.7 Å². The summed E-state index contributed by atoms with van der Waals surface area (Å²) >= 11 is 0. The third-order valence-corrected chi connectivity index (χ3v) is 2.68. The Bertz CT molecular complexity index is 627. The van der Waals surface area contributed by atoms with Crippen LogP contribution < -0.4 is 5.32 Å². The highest BCUT2D eigenvalue weighted by Crippen LogP contribution is 2.04. The maximum Gasteiger partial charge on any atom is 0.253 e. The fourth-order valence-corrected chi connectivity index (χ4v) is 1.70. The fraction of sp³-hybridized carbons (Fsp3) is 0.133. The van der Waals surface area contributed by atoms with Gasteiger partial charge in [-0.15, -0.1) is 0 Å². The van der Waals surface area contributed by atoms with Crippen molar-refractivity contribution in [2.24, 2.45) is 0 Å². The Balaban J connectivity index is 1.99. The molecule has 2 rings (SSSR count). The number of hydrogen-bond donors (Lipinski definition) is 1. The fourth-order valence-electron chi connectivity index (χ4n) is 1.70. The highest BCUT2D eigenvalue weighted by atomic mass is 16.1. The summed E-state index contributed by atoms with van der Waals surface area (Å²) in [5, 5.41) is 11.5. The normalized spacial score (nSPS) is 9.68. The molecule has 1 N–H and O–H groups in total. The number of aromatic nitrogens is 1. The zero-order chi connectivity index (χ0) is 13.7. The van der Waals surface area contributed by atoms with Crippen molar-refractivity contribution in [3.8, 4) is 6.07 Å². The van der Waals surface area contributed by atoms with Gasteiger partial charge in [-0.1, -0.05) is 29.8 Å². The molecule has 0 fully saturated rings. The number of nitrogens with one attached hydrogen (secondary N) is 1. The lowest BCUT2D eigenvalue weighted by Crippen LogP contribution is -2.22. The molecule has 0 aliphatic heterocycles. The van der Waals surface area contributed by atoms with Crippen LogP contribution in [0.2, 0.25) is 0 Å². The lowest BCUT2D eigenvalue weighted by molar-refractivity contribution is 0.0950. The van der Waals surface area contributed by atoms with Crippen LogP contribution in [-0.2, 0) is 6.54 Å².